The molecule has 0 spiro atoms. The Morgan fingerprint density at radius 1 is 0.727 bits per heavy atom. The van der Waals surface area contributed by atoms with Crippen molar-refractivity contribution in [2.24, 2.45) is 15.6 Å². The molecule has 2 aromatic carbocycles. The van der Waals surface area contributed by atoms with Crippen molar-refractivity contribution in [1.29, 1.82) is 0 Å². The van der Waals surface area contributed by atoms with Crippen molar-refractivity contribution >= 4 is 0 Å². The molecule has 0 aliphatic carbocycles. The van der Waals surface area contributed by atoms with Crippen LogP contribution in [0.4, 0.5) is 0 Å². The van der Waals surface area contributed by atoms with E-state index in [4.69, 9.17) is 9.85 Å². The van der Waals surface area contributed by atoms with Gasteiger partial charge in [0, 0.05) is 12.7 Å². The summed E-state index contributed by atoms with van der Waals surface area (Å²) in [6.07, 6.45) is 0. The van der Waals surface area contributed by atoms with Crippen molar-refractivity contribution in [3.05, 3.63) is 71.8 Å². The summed E-state index contributed by atoms with van der Waals surface area (Å²) in [5.41, 5.74) is 0.626. The van der Waals surface area contributed by atoms with Gasteiger partial charge >= 0.3 is 0 Å². The van der Waals surface area contributed by atoms with Gasteiger partial charge in [0.15, 0.2) is 0 Å². The molecule has 0 aromatic heterocycles. The zero-order valence-electron chi connectivity index (χ0n) is 13.6. The second-order valence-electron chi connectivity index (χ2n) is 6.48. The fourth-order valence-corrected chi connectivity index (χ4v) is 3.43. The Hall–Kier alpha value is -2.00. The van der Waals surface area contributed by atoms with Crippen LogP contribution in [-0.4, -0.2) is 7.11 Å². The molecule has 1 unspecified atom stereocenters. The maximum Gasteiger partial charge on any atom is 0.212 e. The van der Waals surface area contributed by atoms with E-state index in [2.05, 4.69) is 50.2 Å². The highest BCUT2D eigenvalue weighted by atomic mass is 16.5. The number of methoxy groups -OCH3 is 1. The van der Waals surface area contributed by atoms with Gasteiger partial charge in [-0.2, -0.15) is 10.2 Å². The molecule has 1 aliphatic rings. The van der Waals surface area contributed by atoms with Gasteiger partial charge in [0.2, 0.25) is 5.72 Å². The number of benzene rings is 2. The Morgan fingerprint density at radius 2 is 1.23 bits per heavy atom. The Bertz CT molecular complexity index is 681. The minimum absolute atomic E-state index is 0.336. The van der Waals surface area contributed by atoms with Gasteiger partial charge in [-0.05, 0) is 12.5 Å². The number of ether oxygens (including phenoxy) is 1. The molecule has 3 nitrogen and oxygen atoms in total. The summed E-state index contributed by atoms with van der Waals surface area (Å²) >= 11 is 0. The highest BCUT2D eigenvalue weighted by Crippen LogP contribution is 2.60. The highest BCUT2D eigenvalue weighted by molar-refractivity contribution is 5.35. The largest absolute Gasteiger partial charge is 0.351 e. The van der Waals surface area contributed by atoms with E-state index in [9.17, 15) is 0 Å². The van der Waals surface area contributed by atoms with E-state index in [0.717, 1.165) is 11.1 Å². The van der Waals surface area contributed by atoms with Crippen LogP contribution >= 0.6 is 0 Å². The Morgan fingerprint density at radius 3 is 1.73 bits per heavy atom. The van der Waals surface area contributed by atoms with Crippen molar-refractivity contribution in [3.63, 3.8) is 0 Å². The molecule has 22 heavy (non-hydrogen) atoms. The van der Waals surface area contributed by atoms with Crippen molar-refractivity contribution < 1.29 is 4.74 Å². The third kappa shape index (κ3) is 1.78. The van der Waals surface area contributed by atoms with Crippen LogP contribution in [0.5, 0.6) is 0 Å². The van der Waals surface area contributed by atoms with E-state index in [-0.39, 0.29) is 5.41 Å². The topological polar surface area (TPSA) is 34.0 Å². The zero-order chi connectivity index (χ0) is 15.8. The molecule has 0 saturated heterocycles. The predicted molar refractivity (Wildman–Crippen MR) is 87.6 cm³/mol. The van der Waals surface area contributed by atoms with Gasteiger partial charge in [0.05, 0.1) is 5.41 Å². The smallest absolute Gasteiger partial charge is 0.212 e. The molecule has 1 heterocycles. The predicted octanol–water partition coefficient (Wildman–Crippen LogP) is 4.89. The fraction of sp³-hybridized carbons (Fsp3) is 0.368. The second kappa shape index (κ2) is 5.03. The number of azo groups is 1. The first-order valence-electron chi connectivity index (χ1n) is 7.58. The van der Waals surface area contributed by atoms with Gasteiger partial charge in [-0.25, -0.2) is 0 Å². The van der Waals surface area contributed by atoms with Crippen LogP contribution in [-0.2, 0) is 16.0 Å². The molecule has 0 amide bonds. The van der Waals surface area contributed by atoms with E-state index in [0.29, 0.717) is 0 Å². The average molecular weight is 294 g/mol. The summed E-state index contributed by atoms with van der Waals surface area (Å²) in [4.78, 5) is 0. The monoisotopic (exact) mass is 294 g/mol. The minimum atomic E-state index is -0.779. The maximum atomic E-state index is 5.96. The van der Waals surface area contributed by atoms with E-state index >= 15 is 0 Å². The lowest BCUT2D eigenvalue weighted by Crippen LogP contribution is -2.48. The first kappa shape index (κ1) is 14.9. The van der Waals surface area contributed by atoms with E-state index < -0.39 is 11.3 Å². The van der Waals surface area contributed by atoms with Crippen molar-refractivity contribution in [2.45, 2.75) is 32.0 Å². The molecule has 3 rings (SSSR count). The van der Waals surface area contributed by atoms with Gasteiger partial charge in [-0.15, -0.1) is 0 Å². The van der Waals surface area contributed by atoms with Crippen LogP contribution in [0.25, 0.3) is 0 Å². The van der Waals surface area contributed by atoms with E-state index in [1.807, 2.05) is 36.4 Å². The number of rotatable bonds is 3. The standard InChI is InChI=1S/C19H22N2O/c1-17(2)18(3,15-11-7-5-8-12-15)20-21-19(17,22-4)16-13-9-6-10-14-16/h5-14H,1-4H3/t18?,19-/m0/s1. The van der Waals surface area contributed by atoms with Crippen LogP contribution in [0.3, 0.4) is 0 Å². The quantitative estimate of drug-likeness (QED) is 0.793. The van der Waals surface area contributed by atoms with Crippen LogP contribution in [0.2, 0.25) is 0 Å². The molecule has 0 fully saturated rings. The molecular formula is C19H22N2O. The van der Waals surface area contributed by atoms with Crippen LogP contribution in [0, 0.1) is 5.41 Å². The van der Waals surface area contributed by atoms with Gasteiger partial charge in [-0.1, -0.05) is 74.5 Å². The van der Waals surface area contributed by atoms with Crippen LogP contribution < -0.4 is 0 Å². The molecule has 3 heteroatoms. The summed E-state index contributed by atoms with van der Waals surface area (Å²) in [7, 11) is 1.71. The van der Waals surface area contributed by atoms with Gasteiger partial charge in [0.25, 0.3) is 0 Å². The molecule has 2 atom stereocenters. The molecule has 1 aliphatic heterocycles. The van der Waals surface area contributed by atoms with Gasteiger partial charge in [0.1, 0.15) is 5.54 Å². The lowest BCUT2D eigenvalue weighted by atomic mass is 9.63. The third-order valence-electron chi connectivity index (χ3n) is 5.25. The SMILES string of the molecule is CO[C@]1(c2ccccc2)N=NC(C)(c2ccccc2)C1(C)C. The van der Waals surface area contributed by atoms with Gasteiger partial charge in [-0.3, -0.25) is 0 Å². The lowest BCUT2D eigenvalue weighted by molar-refractivity contribution is -0.107. The Labute approximate surface area is 132 Å². The molecule has 0 bridgehead atoms. The van der Waals surface area contributed by atoms with E-state index in [1.165, 1.54) is 0 Å². The molecular weight excluding hydrogens is 272 g/mol. The van der Waals surface area contributed by atoms with Crippen LogP contribution in [0.1, 0.15) is 31.9 Å². The number of hydrogen-bond acceptors (Lipinski definition) is 3. The van der Waals surface area contributed by atoms with Gasteiger partial charge < -0.3 is 4.74 Å². The first-order valence-corrected chi connectivity index (χ1v) is 7.58. The second-order valence-corrected chi connectivity index (χ2v) is 6.48. The Balaban J connectivity index is 2.17. The normalized spacial score (nSPS) is 29.6. The average Bonchev–Trinajstić information content (AvgIpc) is 2.78. The highest BCUT2D eigenvalue weighted by Gasteiger charge is 2.63. The Kier molecular flexibility index (Phi) is 3.41. The molecule has 0 radical (unpaired) electrons. The maximum absolute atomic E-state index is 5.96. The summed E-state index contributed by atoms with van der Waals surface area (Å²) < 4.78 is 5.96. The fourth-order valence-electron chi connectivity index (χ4n) is 3.43. The van der Waals surface area contributed by atoms with Crippen molar-refractivity contribution in [1.82, 2.24) is 0 Å². The third-order valence-corrected chi connectivity index (χ3v) is 5.25. The van der Waals surface area contributed by atoms with Crippen molar-refractivity contribution in [3.8, 4) is 0 Å². The lowest BCUT2D eigenvalue weighted by Gasteiger charge is -2.44. The minimum Gasteiger partial charge on any atom is -0.351 e. The molecule has 2 aromatic rings. The molecule has 0 N–H and O–H groups in total. The summed E-state index contributed by atoms with van der Waals surface area (Å²) in [5.74, 6) is 0. The summed E-state index contributed by atoms with van der Waals surface area (Å²) in [6, 6.07) is 20.5. The number of nitrogens with zero attached hydrogens (tertiary/aromatic N) is 2. The van der Waals surface area contributed by atoms with Crippen LogP contribution in [0.15, 0.2) is 70.9 Å². The zero-order valence-corrected chi connectivity index (χ0v) is 13.6. The molecule has 114 valence electrons. The number of hydrogen-bond donors (Lipinski definition) is 0. The van der Waals surface area contributed by atoms with E-state index in [1.54, 1.807) is 7.11 Å². The summed E-state index contributed by atoms with van der Waals surface area (Å²) in [6.45, 7) is 6.49. The van der Waals surface area contributed by atoms with Crippen molar-refractivity contribution in [2.75, 3.05) is 7.11 Å². The first-order chi connectivity index (χ1) is 10.5. The molecule has 0 saturated carbocycles. The summed E-state index contributed by atoms with van der Waals surface area (Å²) in [5, 5.41) is 9.33.